The van der Waals surface area contributed by atoms with Gasteiger partial charge in [0, 0.05) is 60.0 Å². The van der Waals surface area contributed by atoms with Crippen molar-refractivity contribution in [2.24, 2.45) is 0 Å². The number of ether oxygens (including phenoxy) is 1. The highest BCUT2D eigenvalue weighted by Gasteiger charge is 2.46. The molecule has 0 bridgehead atoms. The second kappa shape index (κ2) is 16.1. The van der Waals surface area contributed by atoms with E-state index in [4.69, 9.17) is 21.4 Å². The van der Waals surface area contributed by atoms with E-state index in [0.717, 1.165) is 58.6 Å². The van der Waals surface area contributed by atoms with E-state index in [9.17, 15) is 25.2 Å². The van der Waals surface area contributed by atoms with Gasteiger partial charge in [-0.25, -0.2) is 0 Å². The van der Waals surface area contributed by atoms with Gasteiger partial charge in [0.25, 0.3) is 0 Å². The predicted molar refractivity (Wildman–Crippen MR) is 181 cm³/mol. The van der Waals surface area contributed by atoms with Gasteiger partial charge < -0.3 is 40.5 Å². The number of benzene rings is 2. The third kappa shape index (κ3) is 9.24. The molecule has 254 valence electrons. The molecule has 2 fully saturated rings. The Bertz CT molecular complexity index is 1510. The zero-order valence-electron chi connectivity index (χ0n) is 26.5. The number of nitrogens with one attached hydrogen (secondary N) is 1. The van der Waals surface area contributed by atoms with Crippen LogP contribution in [0.1, 0.15) is 50.2 Å². The van der Waals surface area contributed by atoms with Crippen LogP contribution in [0.2, 0.25) is 5.02 Å². The summed E-state index contributed by atoms with van der Waals surface area (Å²) in [5.41, 5.74) is 4.13. The van der Waals surface area contributed by atoms with Gasteiger partial charge in [-0.2, -0.15) is 0 Å². The molecule has 0 unspecified atom stereocenters. The number of halogens is 1. The van der Waals surface area contributed by atoms with Crippen molar-refractivity contribution < 1.29 is 35.1 Å². The van der Waals surface area contributed by atoms with E-state index < -0.39 is 31.0 Å². The molecule has 1 aromatic heterocycles. The van der Waals surface area contributed by atoms with Crippen LogP contribution in [0.3, 0.4) is 0 Å². The maximum atomic E-state index is 12.2. The van der Waals surface area contributed by atoms with Crippen molar-refractivity contribution in [2.45, 2.75) is 86.5 Å². The lowest BCUT2D eigenvalue weighted by molar-refractivity contribution is -0.137. The first-order chi connectivity index (χ1) is 22.6. The maximum Gasteiger partial charge on any atom is 0.219 e. The molecule has 5 rings (SSSR count). The third-order valence-corrected chi connectivity index (χ3v) is 10.2. The molecule has 6 N–H and O–H groups in total. The standard InChI is InChI=1S/C35H44ClN3O7S/c1-22(41)39(20-30(42)33(44)34(45)31(43)21-40)15-4-16-47-25-9-10-29(36)23(17-25)18-38-35(12-13-35)28-19-37-14-11-26(28)27-5-2-3-6-32(27)46-24-7-8-24/h2-3,5-6,9-11,14,17,19,24,30-31,33-34,38,40,42-45H,4,7-8,12-13,15-16,18,20-21H2,1H3/t30-,31+,33+,34+/m0/s1. The van der Waals surface area contributed by atoms with Crippen molar-refractivity contribution in [3.8, 4) is 16.9 Å². The zero-order valence-corrected chi connectivity index (χ0v) is 28.0. The number of thioether (sulfide) groups is 1. The van der Waals surface area contributed by atoms with Crippen LogP contribution in [0.5, 0.6) is 5.75 Å². The van der Waals surface area contributed by atoms with Crippen LogP contribution in [0, 0.1) is 0 Å². The van der Waals surface area contributed by atoms with Crippen molar-refractivity contribution in [3.05, 3.63) is 77.1 Å². The monoisotopic (exact) mass is 685 g/mol. The third-order valence-electron chi connectivity index (χ3n) is 8.74. The first kappa shape index (κ1) is 35.6. The number of aliphatic hydroxyl groups is 5. The largest absolute Gasteiger partial charge is 0.490 e. The van der Waals surface area contributed by atoms with Gasteiger partial charge in [0.2, 0.25) is 5.91 Å². The Kier molecular flexibility index (Phi) is 12.2. The molecule has 2 aliphatic carbocycles. The lowest BCUT2D eigenvalue weighted by Gasteiger charge is -2.30. The molecule has 3 aromatic rings. The van der Waals surface area contributed by atoms with Crippen LogP contribution < -0.4 is 10.1 Å². The molecule has 10 nitrogen and oxygen atoms in total. The zero-order chi connectivity index (χ0) is 33.6. The van der Waals surface area contributed by atoms with Crippen molar-refractivity contribution in [3.63, 3.8) is 0 Å². The van der Waals surface area contributed by atoms with Crippen molar-refractivity contribution >= 4 is 29.3 Å². The average molecular weight is 686 g/mol. The number of aromatic nitrogens is 1. The summed E-state index contributed by atoms with van der Waals surface area (Å²) in [6.45, 7) is 1.30. The fraction of sp³-hybridized carbons (Fsp3) is 0.486. The number of nitrogens with zero attached hydrogens (tertiary/aromatic N) is 2. The second-order valence-corrected chi connectivity index (χ2v) is 14.0. The molecule has 47 heavy (non-hydrogen) atoms. The van der Waals surface area contributed by atoms with E-state index in [0.29, 0.717) is 36.4 Å². The van der Waals surface area contributed by atoms with E-state index in [1.165, 1.54) is 11.8 Å². The lowest BCUT2D eigenvalue weighted by atomic mass is 9.94. The Morgan fingerprint density at radius 1 is 1.09 bits per heavy atom. The minimum atomic E-state index is -1.74. The van der Waals surface area contributed by atoms with Crippen LogP contribution in [0.15, 0.2) is 65.8 Å². The van der Waals surface area contributed by atoms with Crippen LogP contribution in [0.25, 0.3) is 11.1 Å². The van der Waals surface area contributed by atoms with Gasteiger partial charge in [0.1, 0.15) is 30.2 Å². The molecule has 2 aromatic carbocycles. The molecular weight excluding hydrogens is 642 g/mol. The summed E-state index contributed by atoms with van der Waals surface area (Å²) in [4.78, 5) is 19.1. The highest BCUT2D eigenvalue weighted by atomic mass is 35.5. The van der Waals surface area contributed by atoms with Crippen LogP contribution in [-0.4, -0.2) is 97.3 Å². The Labute approximate surface area is 284 Å². The van der Waals surface area contributed by atoms with Gasteiger partial charge in [-0.3, -0.25) is 9.78 Å². The van der Waals surface area contributed by atoms with Gasteiger partial charge in [-0.05, 0) is 84.9 Å². The van der Waals surface area contributed by atoms with E-state index in [1.807, 2.05) is 42.7 Å². The Hall–Kier alpha value is -2.74. The van der Waals surface area contributed by atoms with Gasteiger partial charge in [-0.15, -0.1) is 11.8 Å². The molecule has 0 spiro atoms. The second-order valence-electron chi connectivity index (χ2n) is 12.4. The first-order valence-electron chi connectivity index (χ1n) is 16.1. The minimum Gasteiger partial charge on any atom is -0.490 e. The smallest absolute Gasteiger partial charge is 0.219 e. The fourth-order valence-electron chi connectivity index (χ4n) is 5.59. The van der Waals surface area contributed by atoms with E-state index in [-0.39, 0.29) is 18.0 Å². The van der Waals surface area contributed by atoms with Crippen molar-refractivity contribution in [1.82, 2.24) is 15.2 Å². The summed E-state index contributed by atoms with van der Waals surface area (Å²) >= 11 is 8.27. The highest BCUT2D eigenvalue weighted by Crippen LogP contribution is 2.50. The van der Waals surface area contributed by atoms with Crippen molar-refractivity contribution in [1.29, 1.82) is 0 Å². The molecule has 0 aliphatic heterocycles. The summed E-state index contributed by atoms with van der Waals surface area (Å²) in [6.07, 6.45) is 2.33. The maximum absolute atomic E-state index is 12.2. The molecule has 4 atom stereocenters. The number of pyridine rings is 1. The molecule has 0 saturated heterocycles. The minimum absolute atomic E-state index is 0.205. The average Bonchev–Trinajstić information content (AvgIpc) is 4.02. The first-order valence-corrected chi connectivity index (χ1v) is 17.4. The Morgan fingerprint density at radius 2 is 1.83 bits per heavy atom. The van der Waals surface area contributed by atoms with Crippen LogP contribution in [-0.2, 0) is 16.9 Å². The molecule has 0 radical (unpaired) electrons. The summed E-state index contributed by atoms with van der Waals surface area (Å²) in [5, 5.41) is 53.3. The molecule has 2 saturated carbocycles. The van der Waals surface area contributed by atoms with Gasteiger partial charge >= 0.3 is 0 Å². The topological polar surface area (TPSA) is 156 Å². The highest BCUT2D eigenvalue weighted by molar-refractivity contribution is 7.99. The van der Waals surface area contributed by atoms with Crippen LogP contribution in [0.4, 0.5) is 0 Å². The van der Waals surface area contributed by atoms with E-state index in [1.54, 1.807) is 11.8 Å². The number of carbonyl (C=O) groups excluding carboxylic acids is 1. The predicted octanol–water partition coefficient (Wildman–Crippen LogP) is 3.49. The van der Waals surface area contributed by atoms with Gasteiger partial charge in [0.15, 0.2) is 0 Å². The Morgan fingerprint density at radius 3 is 2.53 bits per heavy atom. The number of hydrogen-bond donors (Lipinski definition) is 6. The van der Waals surface area contributed by atoms with Gasteiger partial charge in [0.05, 0.1) is 12.7 Å². The number of amides is 1. The van der Waals surface area contributed by atoms with Gasteiger partial charge in [-0.1, -0.05) is 29.8 Å². The fourth-order valence-corrected chi connectivity index (χ4v) is 6.68. The van der Waals surface area contributed by atoms with Crippen LogP contribution >= 0.6 is 23.4 Å². The summed E-state index contributed by atoms with van der Waals surface area (Å²) in [6, 6.07) is 16.2. The number of hydrogen-bond acceptors (Lipinski definition) is 10. The lowest BCUT2D eigenvalue weighted by Crippen LogP contribution is -2.50. The molecular formula is C35H44ClN3O7S. The van der Waals surface area contributed by atoms with E-state index >= 15 is 0 Å². The summed E-state index contributed by atoms with van der Waals surface area (Å²) in [7, 11) is 0. The molecule has 1 heterocycles. The normalized spacial score (nSPS) is 17.9. The summed E-state index contributed by atoms with van der Waals surface area (Å²) < 4.78 is 6.24. The molecule has 2 aliphatic rings. The Balaban J connectivity index is 1.17. The number of para-hydroxylation sites is 1. The number of rotatable bonds is 18. The molecule has 12 heteroatoms. The quantitative estimate of drug-likeness (QED) is 0.0866. The number of aliphatic hydroxyl groups excluding tert-OH is 5. The molecule has 1 amide bonds. The van der Waals surface area contributed by atoms with Crippen molar-refractivity contribution in [2.75, 3.05) is 25.4 Å². The SMILES string of the molecule is CC(=O)N(CCCSc1ccc(Cl)c(CNC2(c3cnccc3-c3ccccc3OC3CC3)CC2)c1)C[C@H](O)[C@@H](O)[C@H](O)[C@H](O)CO. The number of carbonyl (C=O) groups is 1. The summed E-state index contributed by atoms with van der Waals surface area (Å²) in [5.74, 6) is 1.31. The van der Waals surface area contributed by atoms with E-state index in [2.05, 4.69) is 28.5 Å².